The molecule has 0 saturated carbocycles. The van der Waals surface area contributed by atoms with Gasteiger partial charge in [0.1, 0.15) is 5.75 Å². The second kappa shape index (κ2) is 10.0. The van der Waals surface area contributed by atoms with E-state index in [0.29, 0.717) is 16.9 Å². The molecule has 1 atom stereocenters. The molecule has 2 rings (SSSR count). The predicted octanol–water partition coefficient (Wildman–Crippen LogP) is 2.72. The predicted molar refractivity (Wildman–Crippen MR) is 122 cm³/mol. The molecule has 0 heterocycles. The Balaban J connectivity index is 2.20. The molecular formula is C22H29N3O6S. The van der Waals surface area contributed by atoms with Crippen molar-refractivity contribution in [2.75, 3.05) is 32.3 Å². The van der Waals surface area contributed by atoms with Crippen LogP contribution in [0, 0.1) is 13.8 Å². The number of nitrogen functional groups attached to an aromatic ring is 1. The molecule has 9 nitrogen and oxygen atoms in total. The fraction of sp³-hybridized carbons (Fsp3) is 0.364. The molecule has 0 spiro atoms. The lowest BCUT2D eigenvalue weighted by atomic mass is 10.1. The maximum atomic E-state index is 13.2. The van der Waals surface area contributed by atoms with E-state index >= 15 is 0 Å². The summed E-state index contributed by atoms with van der Waals surface area (Å²) in [6, 6.07) is 7.26. The third-order valence-electron chi connectivity index (χ3n) is 5.19. The normalized spacial score (nSPS) is 12.3. The van der Waals surface area contributed by atoms with Crippen LogP contribution in [-0.2, 0) is 19.6 Å². The molecule has 10 heteroatoms. The summed E-state index contributed by atoms with van der Waals surface area (Å²) in [7, 11) is 0.323. The molecule has 32 heavy (non-hydrogen) atoms. The minimum Gasteiger partial charge on any atom is -0.497 e. The van der Waals surface area contributed by atoms with Crippen LogP contribution in [-0.4, -0.2) is 51.9 Å². The number of rotatable bonds is 8. The van der Waals surface area contributed by atoms with Crippen molar-refractivity contribution in [3.05, 3.63) is 47.0 Å². The van der Waals surface area contributed by atoms with Gasteiger partial charge in [-0.1, -0.05) is 6.07 Å². The van der Waals surface area contributed by atoms with Gasteiger partial charge in [0.05, 0.1) is 36.1 Å². The van der Waals surface area contributed by atoms with Gasteiger partial charge in [0.2, 0.25) is 15.9 Å². The van der Waals surface area contributed by atoms with E-state index in [1.807, 2.05) is 0 Å². The second-order valence-corrected chi connectivity index (χ2v) is 9.41. The first kappa shape index (κ1) is 25.2. The first-order chi connectivity index (χ1) is 14.9. The quantitative estimate of drug-likeness (QED) is 0.455. The van der Waals surface area contributed by atoms with Crippen LogP contribution in [0.25, 0.3) is 0 Å². The molecule has 0 fully saturated rings. The Morgan fingerprint density at radius 2 is 1.75 bits per heavy atom. The number of hydrogen-bond donors (Lipinski definition) is 2. The zero-order valence-corrected chi connectivity index (χ0v) is 19.9. The molecule has 1 amide bonds. The highest BCUT2D eigenvalue weighted by atomic mass is 32.2. The molecule has 2 aromatic carbocycles. The lowest BCUT2D eigenvalue weighted by Crippen LogP contribution is -2.38. The number of sulfonamides is 1. The van der Waals surface area contributed by atoms with Gasteiger partial charge in [0.25, 0.3) is 0 Å². The molecule has 3 N–H and O–H groups in total. The first-order valence-corrected chi connectivity index (χ1v) is 11.3. The minimum absolute atomic E-state index is 0.0748. The summed E-state index contributed by atoms with van der Waals surface area (Å²) in [6.45, 7) is 5.04. The van der Waals surface area contributed by atoms with Gasteiger partial charge in [-0.3, -0.25) is 4.79 Å². The summed E-state index contributed by atoms with van der Waals surface area (Å²) in [6.07, 6.45) is -0.119. The Bertz CT molecular complexity index is 1110. The molecule has 0 aliphatic heterocycles. The van der Waals surface area contributed by atoms with Gasteiger partial charge < -0.3 is 20.5 Å². The van der Waals surface area contributed by atoms with Crippen molar-refractivity contribution in [2.24, 2.45) is 0 Å². The molecule has 0 saturated heterocycles. The number of carbonyl (C=O) groups is 2. The topological polar surface area (TPSA) is 128 Å². The van der Waals surface area contributed by atoms with E-state index in [1.165, 1.54) is 31.6 Å². The number of para-hydroxylation sites is 1. The monoisotopic (exact) mass is 463 g/mol. The van der Waals surface area contributed by atoms with Gasteiger partial charge >= 0.3 is 5.97 Å². The third-order valence-corrected chi connectivity index (χ3v) is 7.47. The number of anilines is 2. The van der Waals surface area contributed by atoms with E-state index in [1.54, 1.807) is 45.0 Å². The van der Waals surface area contributed by atoms with Crippen molar-refractivity contribution in [3.63, 3.8) is 0 Å². The van der Waals surface area contributed by atoms with Gasteiger partial charge in [-0.15, -0.1) is 0 Å². The molecule has 1 unspecified atom stereocenters. The van der Waals surface area contributed by atoms with E-state index < -0.39 is 27.9 Å². The van der Waals surface area contributed by atoms with Crippen LogP contribution in [0.15, 0.2) is 35.2 Å². The number of hydrogen-bond acceptors (Lipinski definition) is 7. The summed E-state index contributed by atoms with van der Waals surface area (Å²) in [5.41, 5.74) is 7.53. The van der Waals surface area contributed by atoms with Gasteiger partial charge in [0.15, 0.2) is 0 Å². The maximum absolute atomic E-state index is 13.2. The van der Waals surface area contributed by atoms with Crippen LogP contribution in [0.4, 0.5) is 11.4 Å². The van der Waals surface area contributed by atoms with E-state index in [2.05, 4.69) is 10.1 Å². The van der Waals surface area contributed by atoms with E-state index in [-0.39, 0.29) is 28.3 Å². The average Bonchev–Trinajstić information content (AvgIpc) is 2.73. The number of benzene rings is 2. The number of nitrogens with two attached hydrogens (primary N) is 1. The lowest BCUT2D eigenvalue weighted by molar-refractivity contribution is -0.116. The molecule has 0 aliphatic carbocycles. The summed E-state index contributed by atoms with van der Waals surface area (Å²) in [5, 5.41) is 2.63. The van der Waals surface area contributed by atoms with Crippen molar-refractivity contribution in [2.45, 2.75) is 38.1 Å². The Hall–Kier alpha value is -3.11. The Labute approximate surface area is 188 Å². The van der Waals surface area contributed by atoms with E-state index in [4.69, 9.17) is 10.5 Å². The standard InChI is InChI=1S/C22H29N3O6S/c1-13-10-16(30-5)11-14(2)21(13)32(28,29)25(4)15(3)12-19(26)24-18-9-7-8-17(20(18)23)22(27)31-6/h7-11,15H,12,23H2,1-6H3,(H,24,26). The van der Waals surface area contributed by atoms with Gasteiger partial charge in [0, 0.05) is 19.5 Å². The number of amides is 1. The van der Waals surface area contributed by atoms with Gasteiger partial charge in [-0.2, -0.15) is 4.31 Å². The smallest absolute Gasteiger partial charge is 0.340 e. The zero-order valence-electron chi connectivity index (χ0n) is 19.1. The van der Waals surface area contributed by atoms with E-state index in [0.717, 1.165) is 0 Å². The SMILES string of the molecule is COC(=O)c1cccc(NC(=O)CC(C)N(C)S(=O)(=O)c2c(C)cc(OC)cc2C)c1N. The molecule has 0 aliphatic rings. The van der Waals surface area contributed by atoms with Crippen LogP contribution >= 0.6 is 0 Å². The van der Waals surface area contributed by atoms with Crippen molar-refractivity contribution < 1.29 is 27.5 Å². The van der Waals surface area contributed by atoms with Crippen molar-refractivity contribution in [3.8, 4) is 5.75 Å². The van der Waals surface area contributed by atoms with Gasteiger partial charge in [-0.05, 0) is 56.2 Å². The number of nitrogens with zero attached hydrogens (tertiary/aromatic N) is 1. The number of esters is 1. The molecular weight excluding hydrogens is 434 g/mol. The average molecular weight is 464 g/mol. The minimum atomic E-state index is -3.86. The fourth-order valence-corrected chi connectivity index (χ4v) is 5.14. The fourth-order valence-electron chi connectivity index (χ4n) is 3.38. The lowest BCUT2D eigenvalue weighted by Gasteiger charge is -2.26. The van der Waals surface area contributed by atoms with Crippen LogP contribution in [0.2, 0.25) is 0 Å². The molecule has 174 valence electrons. The van der Waals surface area contributed by atoms with Crippen LogP contribution in [0.1, 0.15) is 34.8 Å². The van der Waals surface area contributed by atoms with E-state index in [9.17, 15) is 18.0 Å². The first-order valence-electron chi connectivity index (χ1n) is 9.83. The third kappa shape index (κ3) is 5.20. The zero-order chi connectivity index (χ0) is 24.2. The number of methoxy groups -OCH3 is 2. The number of aryl methyl sites for hydroxylation is 2. The Morgan fingerprint density at radius 1 is 1.16 bits per heavy atom. The Morgan fingerprint density at radius 3 is 2.28 bits per heavy atom. The summed E-state index contributed by atoms with van der Waals surface area (Å²) < 4.78 is 37.5. The number of nitrogens with one attached hydrogen (secondary N) is 1. The van der Waals surface area contributed by atoms with Crippen molar-refractivity contribution >= 4 is 33.3 Å². The maximum Gasteiger partial charge on any atom is 0.340 e. The van der Waals surface area contributed by atoms with Crippen molar-refractivity contribution in [1.82, 2.24) is 4.31 Å². The van der Waals surface area contributed by atoms with Gasteiger partial charge in [-0.25, -0.2) is 13.2 Å². The molecule has 0 bridgehead atoms. The highest BCUT2D eigenvalue weighted by Gasteiger charge is 2.30. The number of ether oxygens (including phenoxy) is 2. The highest BCUT2D eigenvalue weighted by Crippen LogP contribution is 2.29. The molecule has 2 aromatic rings. The summed E-state index contributed by atoms with van der Waals surface area (Å²) in [5.74, 6) is -0.500. The molecule has 0 radical (unpaired) electrons. The molecule has 0 aromatic heterocycles. The number of carbonyl (C=O) groups excluding carboxylic acids is 2. The van der Waals surface area contributed by atoms with Crippen LogP contribution < -0.4 is 15.8 Å². The summed E-state index contributed by atoms with van der Waals surface area (Å²) in [4.78, 5) is 24.6. The summed E-state index contributed by atoms with van der Waals surface area (Å²) >= 11 is 0. The van der Waals surface area contributed by atoms with Crippen LogP contribution in [0.5, 0.6) is 5.75 Å². The van der Waals surface area contributed by atoms with Crippen LogP contribution in [0.3, 0.4) is 0 Å². The van der Waals surface area contributed by atoms with Crippen molar-refractivity contribution in [1.29, 1.82) is 0 Å². The second-order valence-electron chi connectivity index (χ2n) is 7.47. The largest absolute Gasteiger partial charge is 0.497 e. The Kier molecular flexibility index (Phi) is 7.87. The highest BCUT2D eigenvalue weighted by molar-refractivity contribution is 7.89.